The molecular formula is C22H39ClN2O3. The molecule has 0 fully saturated rings. The van der Waals surface area contributed by atoms with Crippen LogP contribution in [0.2, 0.25) is 0 Å². The molecule has 0 amide bonds. The van der Waals surface area contributed by atoms with Crippen LogP contribution in [0.5, 0.6) is 5.75 Å². The maximum atomic E-state index is 10.0. The van der Waals surface area contributed by atoms with Crippen molar-refractivity contribution in [2.24, 2.45) is 0 Å². The van der Waals surface area contributed by atoms with E-state index < -0.39 is 5.79 Å². The summed E-state index contributed by atoms with van der Waals surface area (Å²) in [5, 5.41) is 10.0. The Bertz CT molecular complexity index is 633. The minimum atomic E-state index is -0.652. The summed E-state index contributed by atoms with van der Waals surface area (Å²) < 4.78 is 12.7. The van der Waals surface area contributed by atoms with Crippen LogP contribution in [-0.2, 0) is 24.5 Å². The number of nitrogens with zero attached hydrogens (tertiary/aromatic N) is 2. The molecule has 0 radical (unpaired) electrons. The summed E-state index contributed by atoms with van der Waals surface area (Å²) >= 11 is 0. The van der Waals surface area contributed by atoms with Crippen molar-refractivity contribution in [1.29, 1.82) is 0 Å². The van der Waals surface area contributed by atoms with Crippen molar-refractivity contribution >= 4 is 0 Å². The maximum Gasteiger partial charge on any atom is 0.205 e. The van der Waals surface area contributed by atoms with Gasteiger partial charge in [-0.25, -0.2) is 4.98 Å². The van der Waals surface area contributed by atoms with E-state index in [4.69, 9.17) is 14.5 Å². The van der Waals surface area contributed by atoms with Gasteiger partial charge in [-0.3, -0.25) is 0 Å². The van der Waals surface area contributed by atoms with Gasteiger partial charge in [0.25, 0.3) is 0 Å². The summed E-state index contributed by atoms with van der Waals surface area (Å²) in [4.78, 5) is 4.82. The number of aryl methyl sites for hydroxylation is 1. The third kappa shape index (κ3) is 6.87. The number of hydrogen-bond acceptors (Lipinski definition) is 4. The first kappa shape index (κ1) is 25.2. The van der Waals surface area contributed by atoms with Gasteiger partial charge in [0.05, 0.1) is 39.5 Å². The minimum Gasteiger partial charge on any atom is -1.00 e. The Kier molecular flexibility index (Phi) is 9.68. The Morgan fingerprint density at radius 1 is 1.11 bits per heavy atom. The largest absolute Gasteiger partial charge is 1.00 e. The molecule has 5 nitrogen and oxygen atoms in total. The minimum absolute atomic E-state index is 0. The van der Waals surface area contributed by atoms with Crippen molar-refractivity contribution in [3.63, 3.8) is 0 Å². The zero-order valence-electron chi connectivity index (χ0n) is 18.6. The number of aliphatic hydroxyl groups excluding tert-OH is 1. The fourth-order valence-corrected chi connectivity index (χ4v) is 3.78. The molecule has 0 unspecified atom stereocenters. The molecule has 162 valence electrons. The quantitative estimate of drug-likeness (QED) is 0.465. The molecule has 1 aliphatic rings. The van der Waals surface area contributed by atoms with Crippen LogP contribution in [0.15, 0.2) is 0 Å². The van der Waals surface area contributed by atoms with Gasteiger partial charge in [-0.05, 0) is 19.8 Å². The van der Waals surface area contributed by atoms with Crippen molar-refractivity contribution < 1.29 is 31.5 Å². The number of aromatic nitrogens is 1. The van der Waals surface area contributed by atoms with Gasteiger partial charge in [-0.15, -0.1) is 0 Å². The van der Waals surface area contributed by atoms with E-state index in [0.717, 1.165) is 45.8 Å². The van der Waals surface area contributed by atoms with Crippen LogP contribution in [0.3, 0.4) is 0 Å². The van der Waals surface area contributed by atoms with Gasteiger partial charge in [-0.2, -0.15) is 0 Å². The van der Waals surface area contributed by atoms with Gasteiger partial charge in [-0.1, -0.05) is 32.6 Å². The molecule has 1 aromatic rings. The zero-order valence-corrected chi connectivity index (χ0v) is 19.4. The van der Waals surface area contributed by atoms with Crippen LogP contribution in [0.25, 0.3) is 0 Å². The second-order valence-electron chi connectivity index (χ2n) is 8.96. The first-order valence-corrected chi connectivity index (χ1v) is 10.5. The molecule has 0 aliphatic carbocycles. The number of hydrogen-bond donors (Lipinski definition) is 1. The first-order chi connectivity index (χ1) is 12.7. The van der Waals surface area contributed by atoms with E-state index in [-0.39, 0.29) is 19.0 Å². The molecule has 2 heterocycles. The van der Waals surface area contributed by atoms with E-state index >= 15 is 0 Å². The number of rotatable bonds is 10. The number of ether oxygens (including phenoxy) is 2. The zero-order chi connectivity index (χ0) is 20.1. The Morgan fingerprint density at radius 3 is 2.39 bits per heavy atom. The van der Waals surface area contributed by atoms with E-state index in [9.17, 15) is 5.11 Å². The summed E-state index contributed by atoms with van der Waals surface area (Å²) in [7, 11) is 4.50. The fourth-order valence-electron chi connectivity index (χ4n) is 3.78. The van der Waals surface area contributed by atoms with Gasteiger partial charge < -0.3 is 31.5 Å². The summed E-state index contributed by atoms with van der Waals surface area (Å²) in [6.07, 6.45) is 7.84. The molecule has 1 aromatic heterocycles. The molecule has 0 saturated carbocycles. The van der Waals surface area contributed by atoms with E-state index in [1.165, 1.54) is 38.5 Å². The second-order valence-corrected chi connectivity index (χ2v) is 8.96. The van der Waals surface area contributed by atoms with Crippen LogP contribution in [0, 0.1) is 6.92 Å². The van der Waals surface area contributed by atoms with Gasteiger partial charge in [0, 0.05) is 25.0 Å². The molecule has 0 bridgehead atoms. The Morgan fingerprint density at radius 2 is 1.75 bits per heavy atom. The van der Waals surface area contributed by atoms with E-state index in [2.05, 4.69) is 21.0 Å². The van der Waals surface area contributed by atoms with Crippen molar-refractivity contribution in [3.05, 3.63) is 22.5 Å². The van der Waals surface area contributed by atoms with Crippen LogP contribution < -0.4 is 17.1 Å². The summed E-state index contributed by atoms with van der Waals surface area (Å²) in [6, 6.07) is 0. The van der Waals surface area contributed by atoms with Gasteiger partial charge >= 0.3 is 0 Å². The molecule has 1 aliphatic heterocycles. The summed E-state index contributed by atoms with van der Waals surface area (Å²) in [5.41, 5.74) is 3.68. The number of fused-ring (bicyclic) bond motifs is 1. The number of pyridine rings is 1. The first-order valence-electron chi connectivity index (χ1n) is 10.5. The highest BCUT2D eigenvalue weighted by Gasteiger charge is 2.32. The normalized spacial score (nSPS) is 15.5. The van der Waals surface area contributed by atoms with E-state index in [1.807, 2.05) is 20.8 Å². The lowest BCUT2D eigenvalue weighted by Crippen LogP contribution is -3.00. The van der Waals surface area contributed by atoms with Crippen molar-refractivity contribution in [1.82, 2.24) is 4.98 Å². The third-order valence-electron chi connectivity index (χ3n) is 5.38. The van der Waals surface area contributed by atoms with Crippen molar-refractivity contribution in [2.45, 2.75) is 91.8 Å². The SMILES string of the molecule is CCCCCCCC[N+](C)(C)Cc1nc(C)c2c(c1CO)COC(C)(C)O2.[Cl-]. The average Bonchev–Trinajstić information content (AvgIpc) is 2.58. The molecule has 6 heteroatoms. The smallest absolute Gasteiger partial charge is 0.205 e. The molecular weight excluding hydrogens is 376 g/mol. The Balaban J connectivity index is 0.00000392. The monoisotopic (exact) mass is 414 g/mol. The number of halogens is 1. The predicted octanol–water partition coefficient (Wildman–Crippen LogP) is 1.47. The Hall–Kier alpha value is -0.880. The van der Waals surface area contributed by atoms with Crippen LogP contribution >= 0.6 is 0 Å². The molecule has 0 aromatic carbocycles. The van der Waals surface area contributed by atoms with Crippen LogP contribution in [0.4, 0.5) is 0 Å². The second kappa shape index (κ2) is 10.8. The van der Waals surface area contributed by atoms with E-state index in [0.29, 0.717) is 6.61 Å². The highest BCUT2D eigenvalue weighted by molar-refractivity contribution is 5.45. The lowest BCUT2D eigenvalue weighted by Gasteiger charge is -2.35. The summed E-state index contributed by atoms with van der Waals surface area (Å²) in [6.45, 7) is 10.4. The van der Waals surface area contributed by atoms with Crippen LogP contribution in [0.1, 0.15) is 81.8 Å². The van der Waals surface area contributed by atoms with Gasteiger partial charge in [0.2, 0.25) is 5.79 Å². The fraction of sp³-hybridized carbons (Fsp3) is 0.773. The van der Waals surface area contributed by atoms with Crippen LogP contribution in [-0.4, -0.2) is 41.0 Å². The molecule has 0 spiro atoms. The lowest BCUT2D eigenvalue weighted by molar-refractivity contribution is -0.904. The van der Waals surface area contributed by atoms with Gasteiger partial charge in [0.1, 0.15) is 18.0 Å². The standard InChI is InChI=1S/C22H39N2O3.ClH/c1-7-8-9-10-11-12-13-24(5,6)14-20-18(15-25)19-16-26-22(3,4)27-21(19)17(2)23-20;/h25H,7-16H2,1-6H3;1H/q+1;/p-1. The number of unbranched alkanes of at least 4 members (excludes halogenated alkanes) is 5. The Labute approximate surface area is 177 Å². The molecule has 28 heavy (non-hydrogen) atoms. The van der Waals surface area contributed by atoms with E-state index in [1.54, 1.807) is 0 Å². The summed E-state index contributed by atoms with van der Waals surface area (Å²) in [5.74, 6) is 0.126. The molecule has 1 N–H and O–H groups in total. The van der Waals surface area contributed by atoms with Crippen molar-refractivity contribution in [3.8, 4) is 5.75 Å². The highest BCUT2D eigenvalue weighted by Crippen LogP contribution is 2.37. The molecule has 2 rings (SSSR count). The molecule has 0 saturated heterocycles. The topological polar surface area (TPSA) is 51.6 Å². The van der Waals surface area contributed by atoms with Crippen molar-refractivity contribution in [2.75, 3.05) is 20.6 Å². The van der Waals surface area contributed by atoms with Gasteiger partial charge in [0.15, 0.2) is 0 Å². The molecule has 0 atom stereocenters. The lowest BCUT2D eigenvalue weighted by atomic mass is 10.0. The highest BCUT2D eigenvalue weighted by atomic mass is 35.5. The average molecular weight is 415 g/mol. The number of quaternary nitrogens is 1. The third-order valence-corrected chi connectivity index (χ3v) is 5.38. The number of aliphatic hydroxyl groups is 1. The predicted molar refractivity (Wildman–Crippen MR) is 108 cm³/mol. The maximum absolute atomic E-state index is 10.0.